The summed E-state index contributed by atoms with van der Waals surface area (Å²) in [6.07, 6.45) is 0.283. The van der Waals surface area contributed by atoms with Gasteiger partial charge in [0.2, 0.25) is 0 Å². The molecule has 0 bridgehead atoms. The molecule has 2 heterocycles. The maximum atomic E-state index is 13.2. The number of aliphatic carboxylic acids is 1. The Morgan fingerprint density at radius 1 is 1.38 bits per heavy atom. The van der Waals surface area contributed by atoms with Crippen LogP contribution in [0.4, 0.5) is 13.2 Å². The fraction of sp³-hybridized carbons (Fsp3) is 0.647. The molecule has 2 unspecified atom stereocenters. The molecule has 9 heteroatoms. The van der Waals surface area contributed by atoms with Crippen LogP contribution in [0.1, 0.15) is 33.1 Å². The highest BCUT2D eigenvalue weighted by Gasteiger charge is 2.55. The van der Waals surface area contributed by atoms with Crippen LogP contribution < -0.4 is 0 Å². The van der Waals surface area contributed by atoms with Gasteiger partial charge in [0.25, 0.3) is 0 Å². The first-order chi connectivity index (χ1) is 12.3. The lowest BCUT2D eigenvalue weighted by atomic mass is 9.96. The number of carboxylic acids is 1. The molecular formula is C17H23ClF3N3O2. The lowest BCUT2D eigenvalue weighted by molar-refractivity contribution is -0.145. The number of alkyl halides is 3. The molecule has 0 saturated carbocycles. The molecule has 5 nitrogen and oxygen atoms in total. The first-order valence-corrected chi connectivity index (χ1v) is 9.09. The van der Waals surface area contributed by atoms with E-state index >= 15 is 0 Å². The highest BCUT2D eigenvalue weighted by Crippen LogP contribution is 2.36. The number of nitrogens with zero attached hydrogens (tertiary/aromatic N) is 3. The van der Waals surface area contributed by atoms with E-state index in [-0.39, 0.29) is 0 Å². The average Bonchev–Trinajstić information content (AvgIpc) is 2.98. The van der Waals surface area contributed by atoms with Crippen molar-refractivity contribution in [1.29, 1.82) is 0 Å². The Morgan fingerprint density at radius 2 is 2.08 bits per heavy atom. The predicted molar refractivity (Wildman–Crippen MR) is 93.9 cm³/mol. The normalized spacial score (nSPS) is 26.2. The molecule has 0 aromatic carbocycles. The molecule has 1 aliphatic carbocycles. The van der Waals surface area contributed by atoms with Crippen LogP contribution in [-0.4, -0.2) is 58.7 Å². The average molecular weight is 394 g/mol. The molecule has 26 heavy (non-hydrogen) atoms. The van der Waals surface area contributed by atoms with Crippen molar-refractivity contribution in [2.45, 2.75) is 45.5 Å². The number of carbonyl (C=O) groups is 1. The van der Waals surface area contributed by atoms with Gasteiger partial charge in [-0.3, -0.25) is 14.7 Å². The molecule has 0 aromatic heterocycles. The number of hydrogen-bond donors (Lipinski definition) is 1. The Hall–Kier alpha value is -1.54. The van der Waals surface area contributed by atoms with Crippen LogP contribution in [-0.2, 0) is 4.79 Å². The van der Waals surface area contributed by atoms with E-state index in [9.17, 15) is 23.1 Å². The van der Waals surface area contributed by atoms with Gasteiger partial charge in [-0.15, -0.1) is 0 Å². The third-order valence-corrected chi connectivity index (χ3v) is 4.71. The second-order valence-electron chi connectivity index (χ2n) is 6.11. The lowest BCUT2D eigenvalue weighted by Gasteiger charge is -2.41. The summed E-state index contributed by atoms with van der Waals surface area (Å²) in [4.78, 5) is 13.3. The zero-order valence-corrected chi connectivity index (χ0v) is 15.5. The Labute approximate surface area is 155 Å². The summed E-state index contributed by atoms with van der Waals surface area (Å²) in [6.45, 7) is 5.20. The van der Waals surface area contributed by atoms with Gasteiger partial charge in [-0.1, -0.05) is 31.5 Å². The molecule has 2 aliphatic heterocycles. The van der Waals surface area contributed by atoms with Crippen molar-refractivity contribution in [3.8, 4) is 0 Å². The first kappa shape index (κ1) is 20.8. The van der Waals surface area contributed by atoms with Crippen molar-refractivity contribution in [2.75, 3.05) is 19.6 Å². The van der Waals surface area contributed by atoms with Crippen molar-refractivity contribution < 1.29 is 23.1 Å². The van der Waals surface area contributed by atoms with Gasteiger partial charge >= 0.3 is 12.1 Å². The van der Waals surface area contributed by atoms with Gasteiger partial charge in [-0.25, -0.2) is 0 Å². The molecule has 0 spiro atoms. The minimum Gasteiger partial charge on any atom is -0.481 e. The zero-order chi connectivity index (χ0) is 19.5. The highest BCUT2D eigenvalue weighted by molar-refractivity contribution is 6.29. The second kappa shape index (κ2) is 8.43. The minimum absolute atomic E-state index is 0.320. The second-order valence-corrected chi connectivity index (χ2v) is 6.59. The van der Waals surface area contributed by atoms with E-state index in [1.807, 2.05) is 19.9 Å². The Balaban J connectivity index is 0.00000117. The topological polar surface area (TPSA) is 56.1 Å². The van der Waals surface area contributed by atoms with Crippen LogP contribution in [0.2, 0.25) is 0 Å². The van der Waals surface area contributed by atoms with Gasteiger partial charge in [0, 0.05) is 24.7 Å². The summed E-state index contributed by atoms with van der Waals surface area (Å²) in [5.41, 5.74) is -0.323. The smallest absolute Gasteiger partial charge is 0.432 e. The van der Waals surface area contributed by atoms with E-state index in [0.29, 0.717) is 31.1 Å². The SMILES string of the molecule is CC.O=C(O)C1C(C(F)(F)F)=NN2CCCN(CC3=CCCC(Cl)=C3)C12. The number of rotatable bonds is 3. The summed E-state index contributed by atoms with van der Waals surface area (Å²) < 4.78 is 39.5. The fourth-order valence-electron chi connectivity index (χ4n) is 3.45. The van der Waals surface area contributed by atoms with E-state index in [1.54, 1.807) is 11.0 Å². The van der Waals surface area contributed by atoms with Gasteiger partial charge < -0.3 is 5.11 Å². The maximum absolute atomic E-state index is 13.2. The molecule has 1 fully saturated rings. The zero-order valence-electron chi connectivity index (χ0n) is 14.8. The molecule has 0 radical (unpaired) electrons. The number of fused-ring (bicyclic) bond motifs is 1. The molecule has 2 atom stereocenters. The fourth-order valence-corrected chi connectivity index (χ4v) is 3.69. The molecule has 3 aliphatic rings. The van der Waals surface area contributed by atoms with Gasteiger partial charge in [0.15, 0.2) is 5.71 Å². The van der Waals surface area contributed by atoms with Crippen LogP contribution in [0.25, 0.3) is 0 Å². The van der Waals surface area contributed by atoms with E-state index in [0.717, 1.165) is 18.4 Å². The number of halogens is 4. The van der Waals surface area contributed by atoms with Crippen LogP contribution in [0, 0.1) is 5.92 Å². The Morgan fingerprint density at radius 3 is 2.65 bits per heavy atom. The Bertz CT molecular complexity index is 631. The van der Waals surface area contributed by atoms with Gasteiger partial charge in [-0.05, 0) is 30.9 Å². The first-order valence-electron chi connectivity index (χ1n) is 8.71. The van der Waals surface area contributed by atoms with Gasteiger partial charge in [0.05, 0.1) is 0 Å². The summed E-state index contributed by atoms with van der Waals surface area (Å²) in [5.74, 6) is -3.20. The monoisotopic (exact) mass is 393 g/mol. The summed E-state index contributed by atoms with van der Waals surface area (Å²) in [6, 6.07) is 0. The summed E-state index contributed by atoms with van der Waals surface area (Å²) in [7, 11) is 0. The summed E-state index contributed by atoms with van der Waals surface area (Å²) in [5, 5.41) is 14.9. The molecule has 3 rings (SSSR count). The third kappa shape index (κ3) is 4.40. The molecule has 1 N–H and O–H groups in total. The third-order valence-electron chi connectivity index (χ3n) is 4.41. The van der Waals surface area contributed by atoms with Crippen LogP contribution in [0.15, 0.2) is 27.9 Å². The molecular weight excluding hydrogens is 371 g/mol. The lowest BCUT2D eigenvalue weighted by Crippen LogP contribution is -2.56. The summed E-state index contributed by atoms with van der Waals surface area (Å²) >= 11 is 6.03. The van der Waals surface area contributed by atoms with Gasteiger partial charge in [-0.2, -0.15) is 18.3 Å². The number of hydrogen-bond acceptors (Lipinski definition) is 4. The highest BCUT2D eigenvalue weighted by atomic mass is 35.5. The number of hydrazone groups is 1. The molecule has 1 saturated heterocycles. The van der Waals surface area contributed by atoms with Crippen molar-refractivity contribution in [2.24, 2.45) is 11.0 Å². The Kier molecular flexibility index (Phi) is 6.74. The van der Waals surface area contributed by atoms with Crippen molar-refractivity contribution in [3.63, 3.8) is 0 Å². The number of allylic oxidation sites excluding steroid dienone is 2. The molecule has 0 aromatic rings. The number of carboxylic acid groups (broad SMARTS) is 1. The quantitative estimate of drug-likeness (QED) is 0.792. The van der Waals surface area contributed by atoms with Crippen LogP contribution in [0.5, 0.6) is 0 Å². The van der Waals surface area contributed by atoms with Crippen LogP contribution in [0.3, 0.4) is 0 Å². The van der Waals surface area contributed by atoms with E-state index < -0.39 is 29.9 Å². The minimum atomic E-state index is -4.75. The van der Waals surface area contributed by atoms with Crippen molar-refractivity contribution in [1.82, 2.24) is 9.91 Å². The van der Waals surface area contributed by atoms with E-state index in [2.05, 4.69) is 5.10 Å². The van der Waals surface area contributed by atoms with Crippen molar-refractivity contribution >= 4 is 23.3 Å². The van der Waals surface area contributed by atoms with Gasteiger partial charge in [0.1, 0.15) is 12.1 Å². The van der Waals surface area contributed by atoms with Crippen LogP contribution >= 0.6 is 11.6 Å². The largest absolute Gasteiger partial charge is 0.481 e. The standard InChI is InChI=1S/C15H17ClF3N3O2.C2H6/c16-10-4-1-3-9(7-10)8-21-5-2-6-22-13(21)11(14(23)24)12(20-22)15(17,18)19;1-2/h3,7,11,13H,1-2,4-6,8H2,(H,23,24);1-2H3. The molecule has 0 amide bonds. The predicted octanol–water partition coefficient (Wildman–Crippen LogP) is 3.82. The van der Waals surface area contributed by atoms with E-state index in [4.69, 9.17) is 11.6 Å². The maximum Gasteiger partial charge on any atom is 0.432 e. The molecule has 146 valence electrons. The van der Waals surface area contributed by atoms with E-state index in [1.165, 1.54) is 5.01 Å². The van der Waals surface area contributed by atoms with Crippen molar-refractivity contribution in [3.05, 3.63) is 22.8 Å².